The summed E-state index contributed by atoms with van der Waals surface area (Å²) in [5.74, 6) is 0. The molecule has 2 aliphatic rings. The van der Waals surface area contributed by atoms with Crippen molar-refractivity contribution in [3.63, 3.8) is 0 Å². The third kappa shape index (κ3) is 0.817. The van der Waals surface area contributed by atoms with Gasteiger partial charge >= 0.3 is 0 Å². The Bertz CT molecular complexity index is 201. The molecule has 2 rings (SSSR count). The lowest BCUT2D eigenvalue weighted by Crippen LogP contribution is -2.05. The molecule has 0 N–H and O–H groups in total. The minimum absolute atomic E-state index is 0.987. The molecule has 2 nitrogen and oxygen atoms in total. The topological polar surface area (TPSA) is 23.3 Å². The van der Waals surface area contributed by atoms with Gasteiger partial charge in [-0.2, -0.15) is 0 Å². The van der Waals surface area contributed by atoms with Crippen LogP contribution in [0.25, 0.3) is 0 Å². The summed E-state index contributed by atoms with van der Waals surface area (Å²) in [6.45, 7) is 0. The Hall–Kier alpha value is -1.18. The van der Waals surface area contributed by atoms with Crippen molar-refractivity contribution in [1.29, 1.82) is 0 Å². The summed E-state index contributed by atoms with van der Waals surface area (Å²) < 4.78 is 0. The quantitative estimate of drug-likeness (QED) is 0.462. The maximum atomic E-state index is 4.79. The Kier molecular flexibility index (Phi) is 1.24. The lowest BCUT2D eigenvalue weighted by molar-refractivity contribution is 0.158. The van der Waals surface area contributed by atoms with E-state index in [1.165, 1.54) is 11.1 Å². The molecule has 0 atom stereocenters. The molecule has 0 aromatic heterocycles. The van der Waals surface area contributed by atoms with Crippen LogP contribution in [-0.4, -0.2) is 0 Å². The standard InChI is InChI=1S/C8H8NO/c1-2-4-8-6-10-9-5-7(8)3-1/h1-2,5-6H,3-4H2. The largest absolute Gasteiger partial charge is 0.365 e. The molecule has 0 unspecified atom stereocenters. The third-order valence-electron chi connectivity index (χ3n) is 1.72. The highest BCUT2D eigenvalue weighted by molar-refractivity contribution is 5.36. The number of hydrogen-bond donors (Lipinski definition) is 0. The third-order valence-corrected chi connectivity index (χ3v) is 1.72. The van der Waals surface area contributed by atoms with Gasteiger partial charge in [0.15, 0.2) is 0 Å². The molecule has 1 aliphatic carbocycles. The second-order valence-corrected chi connectivity index (χ2v) is 2.39. The van der Waals surface area contributed by atoms with Crippen LogP contribution in [0, 0.1) is 0 Å². The van der Waals surface area contributed by atoms with Gasteiger partial charge in [0.2, 0.25) is 0 Å². The zero-order valence-corrected chi connectivity index (χ0v) is 5.58. The molecule has 0 fully saturated rings. The van der Waals surface area contributed by atoms with Crippen molar-refractivity contribution in [3.8, 4) is 0 Å². The fourth-order valence-electron chi connectivity index (χ4n) is 1.13. The van der Waals surface area contributed by atoms with Crippen LogP contribution in [0.3, 0.4) is 0 Å². The number of rotatable bonds is 0. The van der Waals surface area contributed by atoms with Gasteiger partial charge in [-0.1, -0.05) is 17.6 Å². The van der Waals surface area contributed by atoms with E-state index in [1.54, 1.807) is 12.5 Å². The fraction of sp³-hybridized carbons (Fsp3) is 0.250. The van der Waals surface area contributed by atoms with Gasteiger partial charge in [-0.15, -0.1) is 0 Å². The molecular formula is C8H8NO. The van der Waals surface area contributed by atoms with Crippen LogP contribution in [0.5, 0.6) is 0 Å². The van der Waals surface area contributed by atoms with E-state index in [1.807, 2.05) is 0 Å². The molecule has 1 aliphatic heterocycles. The van der Waals surface area contributed by atoms with E-state index < -0.39 is 0 Å². The fourth-order valence-corrected chi connectivity index (χ4v) is 1.13. The van der Waals surface area contributed by atoms with Crippen molar-refractivity contribution in [1.82, 2.24) is 5.48 Å². The van der Waals surface area contributed by atoms with Crippen LogP contribution in [0.2, 0.25) is 0 Å². The number of hydroxylamine groups is 1. The lowest BCUT2D eigenvalue weighted by atomic mass is 9.96. The average Bonchev–Trinajstić information content (AvgIpc) is 2.05. The lowest BCUT2D eigenvalue weighted by Gasteiger charge is -2.15. The molecule has 0 aromatic carbocycles. The molecule has 51 valence electrons. The van der Waals surface area contributed by atoms with Crippen LogP contribution in [0.15, 0.2) is 35.8 Å². The first kappa shape index (κ1) is 5.59. The van der Waals surface area contributed by atoms with Crippen LogP contribution in [0.4, 0.5) is 0 Å². The second-order valence-electron chi connectivity index (χ2n) is 2.39. The molecule has 0 spiro atoms. The zero-order chi connectivity index (χ0) is 6.81. The van der Waals surface area contributed by atoms with E-state index in [0.29, 0.717) is 0 Å². The van der Waals surface area contributed by atoms with Gasteiger partial charge < -0.3 is 4.84 Å². The van der Waals surface area contributed by atoms with Crippen LogP contribution < -0.4 is 5.48 Å². The molecule has 0 bridgehead atoms. The first-order valence-electron chi connectivity index (χ1n) is 3.36. The van der Waals surface area contributed by atoms with E-state index >= 15 is 0 Å². The monoisotopic (exact) mass is 134 g/mol. The maximum absolute atomic E-state index is 4.79. The van der Waals surface area contributed by atoms with Gasteiger partial charge in [-0.3, -0.25) is 0 Å². The van der Waals surface area contributed by atoms with Crippen molar-refractivity contribution in [2.24, 2.45) is 0 Å². The van der Waals surface area contributed by atoms with Gasteiger partial charge in [0.05, 0.1) is 6.20 Å². The highest BCUT2D eigenvalue weighted by Crippen LogP contribution is 2.24. The van der Waals surface area contributed by atoms with Gasteiger partial charge in [-0.25, -0.2) is 0 Å². The minimum Gasteiger partial charge on any atom is -0.365 e. The van der Waals surface area contributed by atoms with Crippen molar-refractivity contribution in [3.05, 3.63) is 35.8 Å². The molecule has 0 saturated carbocycles. The summed E-state index contributed by atoms with van der Waals surface area (Å²) in [4.78, 5) is 4.79. The van der Waals surface area contributed by atoms with E-state index in [-0.39, 0.29) is 0 Å². The van der Waals surface area contributed by atoms with E-state index in [2.05, 4.69) is 17.6 Å². The first-order chi connectivity index (χ1) is 4.97. The normalized spacial score (nSPS) is 21.6. The number of fused-ring (bicyclic) bond motifs is 1. The predicted molar refractivity (Wildman–Crippen MR) is 37.8 cm³/mol. The number of nitrogens with zero attached hydrogens (tertiary/aromatic N) is 1. The van der Waals surface area contributed by atoms with Gasteiger partial charge in [0.1, 0.15) is 6.26 Å². The molecule has 10 heavy (non-hydrogen) atoms. The summed E-state index contributed by atoms with van der Waals surface area (Å²) >= 11 is 0. The Morgan fingerprint density at radius 1 is 1.20 bits per heavy atom. The summed E-state index contributed by atoms with van der Waals surface area (Å²) in [7, 11) is 0. The highest BCUT2D eigenvalue weighted by atomic mass is 16.6. The summed E-state index contributed by atoms with van der Waals surface area (Å²) in [6.07, 6.45) is 9.81. The van der Waals surface area contributed by atoms with Crippen LogP contribution in [0.1, 0.15) is 12.8 Å². The van der Waals surface area contributed by atoms with Crippen molar-refractivity contribution >= 4 is 0 Å². The molecule has 1 radical (unpaired) electrons. The van der Waals surface area contributed by atoms with Crippen LogP contribution in [-0.2, 0) is 4.84 Å². The zero-order valence-electron chi connectivity index (χ0n) is 5.58. The van der Waals surface area contributed by atoms with E-state index in [0.717, 1.165) is 12.8 Å². The van der Waals surface area contributed by atoms with E-state index in [4.69, 9.17) is 4.84 Å². The van der Waals surface area contributed by atoms with Crippen LogP contribution >= 0.6 is 0 Å². The smallest absolute Gasteiger partial charge is 0.125 e. The van der Waals surface area contributed by atoms with Crippen molar-refractivity contribution < 1.29 is 4.84 Å². The Labute approximate surface area is 59.8 Å². The van der Waals surface area contributed by atoms with Crippen molar-refractivity contribution in [2.75, 3.05) is 0 Å². The maximum Gasteiger partial charge on any atom is 0.125 e. The van der Waals surface area contributed by atoms with E-state index in [9.17, 15) is 0 Å². The SMILES string of the molecule is C1=CCC2=CO[N]C=C2C1. The number of allylic oxidation sites excluding steroid dienone is 4. The Balaban J connectivity index is 2.30. The second kappa shape index (κ2) is 2.21. The van der Waals surface area contributed by atoms with Crippen molar-refractivity contribution in [2.45, 2.75) is 12.8 Å². The summed E-state index contributed by atoms with van der Waals surface area (Å²) in [5, 5.41) is 0. The molecule has 2 heteroatoms. The van der Waals surface area contributed by atoms with Gasteiger partial charge in [0, 0.05) is 0 Å². The molecular weight excluding hydrogens is 126 g/mol. The number of hydrogen-bond acceptors (Lipinski definition) is 1. The Morgan fingerprint density at radius 3 is 2.80 bits per heavy atom. The first-order valence-corrected chi connectivity index (χ1v) is 3.36. The molecule has 1 heterocycles. The summed E-state index contributed by atoms with van der Waals surface area (Å²) in [5.41, 5.74) is 6.24. The minimum atomic E-state index is 0.987. The van der Waals surface area contributed by atoms with Gasteiger partial charge in [0.25, 0.3) is 0 Å². The Morgan fingerprint density at radius 2 is 2.00 bits per heavy atom. The summed E-state index contributed by atoms with van der Waals surface area (Å²) in [6, 6.07) is 0. The predicted octanol–water partition coefficient (Wildman–Crippen LogP) is 1.65. The molecule has 0 saturated heterocycles. The molecule has 0 amide bonds. The van der Waals surface area contributed by atoms with Gasteiger partial charge in [-0.05, 0) is 24.0 Å². The molecule has 0 aromatic rings. The average molecular weight is 134 g/mol. The highest BCUT2D eigenvalue weighted by Gasteiger charge is 2.10.